The van der Waals surface area contributed by atoms with E-state index < -0.39 is 0 Å². The average Bonchev–Trinajstić information content (AvgIpc) is 2.45. The third kappa shape index (κ3) is 3.98. The van der Waals surface area contributed by atoms with Crippen LogP contribution in [0.4, 0.5) is 5.95 Å². The standard InChI is InChI=1S/C16H19BrN4O2/c1-9-5-6-13(11(17)7-9)23-8-12-14(15(22)21(3)4)10(2)19-16(18)20-12/h5-7H,8H2,1-4H3,(H2,18,19,20). The van der Waals surface area contributed by atoms with Crippen molar-refractivity contribution in [2.75, 3.05) is 19.8 Å². The Balaban J connectivity index is 2.33. The van der Waals surface area contributed by atoms with Crippen LogP contribution in [0.25, 0.3) is 0 Å². The lowest BCUT2D eigenvalue weighted by molar-refractivity contribution is 0.0823. The second kappa shape index (κ2) is 6.95. The van der Waals surface area contributed by atoms with Crippen molar-refractivity contribution in [3.8, 4) is 5.75 Å². The van der Waals surface area contributed by atoms with E-state index in [1.807, 2.05) is 25.1 Å². The van der Waals surface area contributed by atoms with E-state index in [0.29, 0.717) is 22.7 Å². The number of carbonyl (C=O) groups is 1. The van der Waals surface area contributed by atoms with Crippen LogP contribution in [-0.2, 0) is 6.61 Å². The summed E-state index contributed by atoms with van der Waals surface area (Å²) in [6.45, 7) is 3.86. The van der Waals surface area contributed by atoms with Gasteiger partial charge in [0.05, 0.1) is 21.4 Å². The molecule has 0 bridgehead atoms. The molecule has 0 atom stereocenters. The summed E-state index contributed by atoms with van der Waals surface area (Å²) in [6.07, 6.45) is 0. The maximum absolute atomic E-state index is 12.4. The van der Waals surface area contributed by atoms with E-state index in [-0.39, 0.29) is 18.5 Å². The van der Waals surface area contributed by atoms with Crippen LogP contribution < -0.4 is 10.5 Å². The lowest BCUT2D eigenvalue weighted by atomic mass is 10.1. The molecule has 0 aliphatic heterocycles. The minimum Gasteiger partial charge on any atom is -0.486 e. The highest BCUT2D eigenvalue weighted by atomic mass is 79.9. The number of nitrogens with zero attached hydrogens (tertiary/aromatic N) is 3. The van der Waals surface area contributed by atoms with E-state index in [1.54, 1.807) is 21.0 Å². The summed E-state index contributed by atoms with van der Waals surface area (Å²) in [5, 5.41) is 0. The summed E-state index contributed by atoms with van der Waals surface area (Å²) in [4.78, 5) is 22.1. The van der Waals surface area contributed by atoms with Gasteiger partial charge in [-0.25, -0.2) is 9.97 Å². The normalized spacial score (nSPS) is 10.5. The molecular weight excluding hydrogens is 360 g/mol. The average molecular weight is 379 g/mol. The van der Waals surface area contributed by atoms with Gasteiger partial charge in [-0.05, 0) is 47.5 Å². The van der Waals surface area contributed by atoms with E-state index in [0.717, 1.165) is 10.0 Å². The van der Waals surface area contributed by atoms with Gasteiger partial charge in [0.25, 0.3) is 5.91 Å². The van der Waals surface area contributed by atoms with Crippen LogP contribution in [0.3, 0.4) is 0 Å². The molecule has 0 unspecified atom stereocenters. The Kier molecular flexibility index (Phi) is 5.20. The zero-order chi connectivity index (χ0) is 17.1. The number of aromatic nitrogens is 2. The van der Waals surface area contributed by atoms with Gasteiger partial charge in [0, 0.05) is 14.1 Å². The number of ether oxygens (including phenoxy) is 1. The molecule has 2 rings (SSSR count). The summed E-state index contributed by atoms with van der Waals surface area (Å²) in [5.41, 5.74) is 8.27. The fraction of sp³-hybridized carbons (Fsp3) is 0.312. The van der Waals surface area contributed by atoms with Crippen molar-refractivity contribution in [1.29, 1.82) is 0 Å². The first kappa shape index (κ1) is 17.2. The predicted molar refractivity (Wildman–Crippen MR) is 92.4 cm³/mol. The van der Waals surface area contributed by atoms with E-state index in [2.05, 4.69) is 25.9 Å². The van der Waals surface area contributed by atoms with Crippen molar-refractivity contribution in [1.82, 2.24) is 14.9 Å². The molecule has 0 spiro atoms. The van der Waals surface area contributed by atoms with Crippen LogP contribution in [0, 0.1) is 13.8 Å². The van der Waals surface area contributed by atoms with Gasteiger partial charge in [0.2, 0.25) is 5.95 Å². The van der Waals surface area contributed by atoms with Gasteiger partial charge in [-0.1, -0.05) is 6.07 Å². The molecule has 122 valence electrons. The maximum Gasteiger partial charge on any atom is 0.257 e. The molecule has 0 saturated heterocycles. The van der Waals surface area contributed by atoms with Crippen molar-refractivity contribution >= 4 is 27.8 Å². The molecule has 0 aliphatic carbocycles. The first-order valence-electron chi connectivity index (χ1n) is 7.03. The number of nitrogens with two attached hydrogens (primary N) is 1. The molecule has 1 aromatic heterocycles. The molecule has 0 saturated carbocycles. The Labute approximate surface area is 143 Å². The third-order valence-electron chi connectivity index (χ3n) is 3.25. The molecule has 2 N–H and O–H groups in total. The highest BCUT2D eigenvalue weighted by Gasteiger charge is 2.20. The number of halogens is 1. The van der Waals surface area contributed by atoms with Crippen LogP contribution in [0.15, 0.2) is 22.7 Å². The van der Waals surface area contributed by atoms with Crippen LogP contribution in [0.1, 0.15) is 27.3 Å². The van der Waals surface area contributed by atoms with Gasteiger partial charge < -0.3 is 15.4 Å². The molecule has 0 fully saturated rings. The maximum atomic E-state index is 12.4. The number of anilines is 1. The summed E-state index contributed by atoms with van der Waals surface area (Å²) in [7, 11) is 3.36. The molecule has 23 heavy (non-hydrogen) atoms. The third-order valence-corrected chi connectivity index (χ3v) is 3.87. The predicted octanol–water partition coefficient (Wildman–Crippen LogP) is 2.72. The fourth-order valence-corrected chi connectivity index (χ4v) is 2.74. The summed E-state index contributed by atoms with van der Waals surface area (Å²) >= 11 is 3.46. The summed E-state index contributed by atoms with van der Waals surface area (Å²) < 4.78 is 6.64. The molecule has 0 aliphatic rings. The van der Waals surface area contributed by atoms with Crippen molar-refractivity contribution < 1.29 is 9.53 Å². The van der Waals surface area contributed by atoms with E-state index >= 15 is 0 Å². The summed E-state index contributed by atoms with van der Waals surface area (Å²) in [5.74, 6) is 0.622. The van der Waals surface area contributed by atoms with Gasteiger partial charge >= 0.3 is 0 Å². The van der Waals surface area contributed by atoms with Gasteiger partial charge in [-0.15, -0.1) is 0 Å². The van der Waals surface area contributed by atoms with Crippen LogP contribution >= 0.6 is 15.9 Å². The molecular formula is C16H19BrN4O2. The monoisotopic (exact) mass is 378 g/mol. The molecule has 0 radical (unpaired) electrons. The largest absolute Gasteiger partial charge is 0.486 e. The minimum atomic E-state index is -0.177. The number of hydrogen-bond donors (Lipinski definition) is 1. The number of hydrogen-bond acceptors (Lipinski definition) is 5. The number of nitrogen functional groups attached to an aromatic ring is 1. The Morgan fingerprint density at radius 3 is 2.61 bits per heavy atom. The summed E-state index contributed by atoms with van der Waals surface area (Å²) in [6, 6.07) is 5.77. The highest BCUT2D eigenvalue weighted by Crippen LogP contribution is 2.27. The van der Waals surface area contributed by atoms with Gasteiger partial charge in [-0.2, -0.15) is 0 Å². The zero-order valence-electron chi connectivity index (χ0n) is 13.6. The van der Waals surface area contributed by atoms with Gasteiger partial charge in [-0.3, -0.25) is 4.79 Å². The second-order valence-corrected chi connectivity index (χ2v) is 6.27. The number of carbonyl (C=O) groups excluding carboxylic acids is 1. The Hall–Kier alpha value is -2.15. The Bertz CT molecular complexity index is 747. The van der Waals surface area contributed by atoms with Gasteiger partial charge in [0.15, 0.2) is 0 Å². The number of benzene rings is 1. The van der Waals surface area contributed by atoms with E-state index in [4.69, 9.17) is 10.5 Å². The Morgan fingerprint density at radius 2 is 2.00 bits per heavy atom. The first-order valence-corrected chi connectivity index (χ1v) is 7.82. The molecule has 1 aromatic carbocycles. The van der Waals surface area contributed by atoms with Crippen LogP contribution in [0.5, 0.6) is 5.75 Å². The van der Waals surface area contributed by atoms with E-state index in [9.17, 15) is 4.79 Å². The highest BCUT2D eigenvalue weighted by molar-refractivity contribution is 9.10. The lowest BCUT2D eigenvalue weighted by Gasteiger charge is -2.16. The van der Waals surface area contributed by atoms with Crippen molar-refractivity contribution in [2.24, 2.45) is 0 Å². The van der Waals surface area contributed by atoms with Crippen LogP contribution in [-0.4, -0.2) is 34.9 Å². The zero-order valence-corrected chi connectivity index (χ0v) is 15.1. The lowest BCUT2D eigenvalue weighted by Crippen LogP contribution is -2.26. The van der Waals surface area contributed by atoms with Gasteiger partial charge in [0.1, 0.15) is 12.4 Å². The Morgan fingerprint density at radius 1 is 1.30 bits per heavy atom. The minimum absolute atomic E-state index is 0.124. The van der Waals surface area contributed by atoms with Crippen LogP contribution in [0.2, 0.25) is 0 Å². The van der Waals surface area contributed by atoms with E-state index in [1.165, 1.54) is 4.90 Å². The smallest absolute Gasteiger partial charge is 0.257 e. The van der Waals surface area contributed by atoms with Crippen molar-refractivity contribution in [3.05, 3.63) is 45.2 Å². The molecule has 1 heterocycles. The van der Waals surface area contributed by atoms with Crippen molar-refractivity contribution in [3.63, 3.8) is 0 Å². The quantitative estimate of drug-likeness (QED) is 0.884. The number of rotatable bonds is 4. The molecule has 7 heteroatoms. The topological polar surface area (TPSA) is 81.3 Å². The molecule has 1 amide bonds. The molecule has 2 aromatic rings. The number of amides is 1. The number of aryl methyl sites for hydroxylation is 2. The first-order chi connectivity index (χ1) is 10.8. The molecule has 6 nitrogen and oxygen atoms in total. The van der Waals surface area contributed by atoms with Crippen molar-refractivity contribution in [2.45, 2.75) is 20.5 Å². The second-order valence-electron chi connectivity index (χ2n) is 5.41. The fourth-order valence-electron chi connectivity index (χ4n) is 2.13. The SMILES string of the molecule is Cc1ccc(OCc2nc(N)nc(C)c2C(=O)N(C)C)c(Br)c1.